The van der Waals surface area contributed by atoms with E-state index in [1.54, 1.807) is 0 Å². The van der Waals surface area contributed by atoms with E-state index < -0.39 is 28.9 Å². The van der Waals surface area contributed by atoms with Gasteiger partial charge in [0.2, 0.25) is 0 Å². The van der Waals surface area contributed by atoms with Crippen LogP contribution in [0.2, 0.25) is 0 Å². The Morgan fingerprint density at radius 1 is 1.20 bits per heavy atom. The smallest absolute Gasteiger partial charge is 0.351 e. The van der Waals surface area contributed by atoms with Gasteiger partial charge in [-0.25, -0.2) is 9.67 Å². The number of H-pyrrole nitrogens is 1. The lowest BCUT2D eigenvalue weighted by Crippen LogP contribution is -2.51. The van der Waals surface area contributed by atoms with Crippen molar-refractivity contribution in [3.8, 4) is 5.82 Å². The molecule has 0 spiro atoms. The molecule has 2 N–H and O–H groups in total. The fourth-order valence-corrected chi connectivity index (χ4v) is 6.22. The first-order valence-corrected chi connectivity index (χ1v) is 10.2. The zero-order valence-corrected chi connectivity index (χ0v) is 16.2. The zero-order valence-electron chi connectivity index (χ0n) is 16.2. The molecule has 4 saturated carbocycles. The summed E-state index contributed by atoms with van der Waals surface area (Å²) in [6, 6.07) is 1.02. The zero-order chi connectivity index (χ0) is 21.1. The Kier molecular flexibility index (Phi) is 4.30. The molecule has 4 bridgehead atoms. The van der Waals surface area contributed by atoms with E-state index >= 15 is 0 Å². The highest BCUT2D eigenvalue weighted by molar-refractivity contribution is 5.95. The average molecular weight is 421 g/mol. The monoisotopic (exact) mass is 421 g/mol. The SMILES string of the molecule is O=C(NCC12CC3CC(CC(C3)C1)C2)c1cn(-c2cc(=O)[nH]cn2)nc1C(F)(F)F. The van der Waals surface area contributed by atoms with Crippen LogP contribution in [0.5, 0.6) is 0 Å². The number of nitrogens with one attached hydrogen (secondary N) is 2. The molecule has 0 aliphatic heterocycles. The molecule has 0 radical (unpaired) electrons. The molecule has 0 aromatic carbocycles. The van der Waals surface area contributed by atoms with Gasteiger partial charge in [-0.3, -0.25) is 9.59 Å². The van der Waals surface area contributed by atoms with Crippen LogP contribution in [0.1, 0.15) is 54.6 Å². The van der Waals surface area contributed by atoms with Crippen molar-refractivity contribution in [2.75, 3.05) is 6.54 Å². The van der Waals surface area contributed by atoms with Crippen molar-refractivity contribution in [1.82, 2.24) is 25.1 Å². The van der Waals surface area contributed by atoms with E-state index in [1.807, 2.05) is 0 Å². The molecule has 10 heteroatoms. The van der Waals surface area contributed by atoms with Crippen LogP contribution in [0.15, 0.2) is 23.4 Å². The van der Waals surface area contributed by atoms with Gasteiger partial charge in [-0.15, -0.1) is 0 Å². The molecule has 4 aliphatic rings. The van der Waals surface area contributed by atoms with Crippen LogP contribution in [-0.2, 0) is 6.18 Å². The Morgan fingerprint density at radius 3 is 2.40 bits per heavy atom. The third-order valence-electron chi connectivity index (χ3n) is 6.91. The van der Waals surface area contributed by atoms with Crippen LogP contribution in [0, 0.1) is 23.2 Å². The summed E-state index contributed by atoms with van der Waals surface area (Å²) in [4.78, 5) is 30.3. The van der Waals surface area contributed by atoms with Crippen LogP contribution in [0.3, 0.4) is 0 Å². The highest BCUT2D eigenvalue weighted by Gasteiger charge is 2.51. The number of hydrogen-bond acceptors (Lipinski definition) is 4. The van der Waals surface area contributed by atoms with Crippen molar-refractivity contribution in [1.29, 1.82) is 0 Å². The Labute approximate surface area is 170 Å². The second kappa shape index (κ2) is 6.68. The maximum Gasteiger partial charge on any atom is 0.435 e. The lowest BCUT2D eigenvalue weighted by molar-refractivity contribution is -0.141. The number of amides is 1. The Morgan fingerprint density at radius 2 is 1.83 bits per heavy atom. The summed E-state index contributed by atoms with van der Waals surface area (Å²) in [5, 5.41) is 6.27. The minimum absolute atomic E-state index is 0.00702. The third-order valence-corrected chi connectivity index (χ3v) is 6.91. The van der Waals surface area contributed by atoms with Gasteiger partial charge in [0.25, 0.3) is 11.5 Å². The summed E-state index contributed by atoms with van der Waals surface area (Å²) in [5.41, 5.74) is -2.37. The fourth-order valence-electron chi connectivity index (χ4n) is 6.22. The Hall–Kier alpha value is -2.65. The Balaban J connectivity index is 1.39. The number of carbonyl (C=O) groups is 1. The van der Waals surface area contributed by atoms with E-state index in [2.05, 4.69) is 20.4 Å². The van der Waals surface area contributed by atoms with Gasteiger partial charge < -0.3 is 10.3 Å². The Bertz CT molecular complexity index is 1010. The molecule has 1 amide bonds. The van der Waals surface area contributed by atoms with E-state index in [0.29, 0.717) is 24.3 Å². The first-order chi connectivity index (χ1) is 14.2. The molecule has 2 aromatic rings. The van der Waals surface area contributed by atoms with E-state index in [1.165, 1.54) is 19.3 Å². The van der Waals surface area contributed by atoms with Crippen LogP contribution >= 0.6 is 0 Å². The van der Waals surface area contributed by atoms with Gasteiger partial charge in [0.05, 0.1) is 11.9 Å². The molecular formula is C20H22F3N5O2. The minimum Gasteiger partial charge on any atom is -0.351 e. The van der Waals surface area contributed by atoms with E-state index in [-0.39, 0.29) is 11.2 Å². The molecule has 4 aliphatic carbocycles. The van der Waals surface area contributed by atoms with Gasteiger partial charge in [0.15, 0.2) is 11.5 Å². The number of rotatable bonds is 4. The summed E-state index contributed by atoms with van der Waals surface area (Å²) >= 11 is 0. The van der Waals surface area contributed by atoms with Crippen molar-refractivity contribution in [3.05, 3.63) is 40.2 Å². The number of aromatic amines is 1. The highest BCUT2D eigenvalue weighted by Crippen LogP contribution is 2.59. The summed E-state index contributed by atoms with van der Waals surface area (Å²) in [5.74, 6) is 1.16. The largest absolute Gasteiger partial charge is 0.435 e. The van der Waals surface area contributed by atoms with Gasteiger partial charge in [0.1, 0.15) is 0 Å². The topological polar surface area (TPSA) is 92.7 Å². The van der Waals surface area contributed by atoms with Crippen molar-refractivity contribution >= 4 is 5.91 Å². The number of hydrogen-bond donors (Lipinski definition) is 2. The molecular weight excluding hydrogens is 399 g/mol. The summed E-state index contributed by atoms with van der Waals surface area (Å²) in [7, 11) is 0. The van der Waals surface area contributed by atoms with Crippen molar-refractivity contribution in [2.45, 2.75) is 44.7 Å². The van der Waals surface area contributed by atoms with Crippen LogP contribution in [0.25, 0.3) is 5.82 Å². The average Bonchev–Trinajstić information content (AvgIpc) is 3.11. The second-order valence-electron chi connectivity index (χ2n) is 9.20. The van der Waals surface area contributed by atoms with Gasteiger partial charge in [-0.1, -0.05) is 0 Å². The van der Waals surface area contributed by atoms with Crippen molar-refractivity contribution < 1.29 is 18.0 Å². The molecule has 30 heavy (non-hydrogen) atoms. The maximum absolute atomic E-state index is 13.5. The van der Waals surface area contributed by atoms with Gasteiger partial charge >= 0.3 is 6.18 Å². The maximum atomic E-state index is 13.5. The molecule has 0 atom stereocenters. The first kappa shape index (κ1) is 19.3. The van der Waals surface area contributed by atoms with Crippen LogP contribution in [-0.4, -0.2) is 32.2 Å². The van der Waals surface area contributed by atoms with E-state index in [4.69, 9.17) is 0 Å². The van der Waals surface area contributed by atoms with Gasteiger partial charge in [0, 0.05) is 18.8 Å². The molecule has 2 aromatic heterocycles. The standard InChI is InChI=1S/C20H22F3N5O2/c21-20(22,23)17-14(8-28(27-17)15-4-16(29)26-10-25-15)18(30)24-9-19-5-11-1-12(6-19)3-13(2-11)7-19/h4,8,10-13H,1-3,5-7,9H2,(H,24,30)(H,25,26,29). The number of nitrogens with zero attached hydrogens (tertiary/aromatic N) is 3. The lowest BCUT2D eigenvalue weighted by atomic mass is 9.49. The van der Waals surface area contributed by atoms with Crippen LogP contribution in [0.4, 0.5) is 13.2 Å². The number of alkyl halides is 3. The normalized spacial score (nSPS) is 29.9. The quantitative estimate of drug-likeness (QED) is 0.794. The van der Waals surface area contributed by atoms with E-state index in [0.717, 1.165) is 42.5 Å². The molecule has 6 rings (SSSR count). The van der Waals surface area contributed by atoms with Gasteiger partial charge in [-0.05, 0) is 61.7 Å². The predicted octanol–water partition coefficient (Wildman–Crippen LogP) is 2.92. The first-order valence-electron chi connectivity index (χ1n) is 10.2. The van der Waals surface area contributed by atoms with Crippen molar-refractivity contribution in [2.24, 2.45) is 23.2 Å². The third kappa shape index (κ3) is 3.41. The van der Waals surface area contributed by atoms with E-state index in [9.17, 15) is 22.8 Å². The fraction of sp³-hybridized carbons (Fsp3) is 0.600. The lowest BCUT2D eigenvalue weighted by Gasteiger charge is -2.56. The minimum atomic E-state index is -4.81. The second-order valence-corrected chi connectivity index (χ2v) is 9.20. The van der Waals surface area contributed by atoms with Gasteiger partial charge in [-0.2, -0.15) is 18.3 Å². The predicted molar refractivity (Wildman–Crippen MR) is 99.9 cm³/mol. The summed E-state index contributed by atoms with van der Waals surface area (Å²) in [6.45, 7) is 0.390. The number of carbonyl (C=O) groups excluding carboxylic acids is 1. The number of halogens is 3. The van der Waals surface area contributed by atoms with Crippen LogP contribution < -0.4 is 10.9 Å². The molecule has 0 saturated heterocycles. The summed E-state index contributed by atoms with van der Waals surface area (Å²) < 4.78 is 41.4. The highest BCUT2D eigenvalue weighted by atomic mass is 19.4. The van der Waals surface area contributed by atoms with Crippen molar-refractivity contribution in [3.63, 3.8) is 0 Å². The number of aromatic nitrogens is 4. The molecule has 160 valence electrons. The summed E-state index contributed by atoms with van der Waals surface area (Å²) in [6.07, 6.45) is 4.13. The molecule has 7 nitrogen and oxygen atoms in total. The molecule has 2 heterocycles. The molecule has 0 unspecified atom stereocenters. The molecule has 4 fully saturated rings.